The van der Waals surface area contributed by atoms with Gasteiger partial charge in [0.2, 0.25) is 11.3 Å². The quantitative estimate of drug-likeness (QED) is 0.654. The molecule has 0 saturated heterocycles. The molecular weight excluding hydrogens is 352 g/mol. The van der Waals surface area contributed by atoms with Gasteiger partial charge in [-0.05, 0) is 36.3 Å². The fraction of sp³-hybridized carbons (Fsp3) is 0.318. The zero-order valence-electron chi connectivity index (χ0n) is 16.4. The highest BCUT2D eigenvalue weighted by Gasteiger charge is 2.10. The summed E-state index contributed by atoms with van der Waals surface area (Å²) in [5, 5.41) is 7.66. The monoisotopic (exact) mass is 378 g/mol. The maximum atomic E-state index is 12.5. The lowest BCUT2D eigenvalue weighted by Crippen LogP contribution is -2.29. The molecule has 3 rings (SSSR count). The molecule has 0 atom stereocenters. The van der Waals surface area contributed by atoms with Gasteiger partial charge in [-0.1, -0.05) is 50.2 Å². The highest BCUT2D eigenvalue weighted by molar-refractivity contribution is 5.81. The predicted molar refractivity (Wildman–Crippen MR) is 111 cm³/mol. The van der Waals surface area contributed by atoms with Crippen molar-refractivity contribution in [3.8, 4) is 0 Å². The summed E-state index contributed by atoms with van der Waals surface area (Å²) >= 11 is 0. The molecule has 0 radical (unpaired) electrons. The third-order valence-corrected chi connectivity index (χ3v) is 4.94. The van der Waals surface area contributed by atoms with Gasteiger partial charge in [0.05, 0.1) is 11.7 Å². The second-order valence-electron chi connectivity index (χ2n) is 6.69. The van der Waals surface area contributed by atoms with Crippen LogP contribution in [0.25, 0.3) is 10.9 Å². The van der Waals surface area contributed by atoms with Crippen LogP contribution in [0.5, 0.6) is 0 Å². The number of carbonyl (C=O) groups is 1. The van der Waals surface area contributed by atoms with Crippen molar-refractivity contribution in [1.29, 1.82) is 0 Å². The second kappa shape index (κ2) is 9.28. The van der Waals surface area contributed by atoms with Crippen molar-refractivity contribution in [2.75, 3.05) is 13.1 Å². The molecule has 0 unspecified atom stereocenters. The summed E-state index contributed by atoms with van der Waals surface area (Å²) in [6.07, 6.45) is 1.26. The van der Waals surface area contributed by atoms with E-state index in [9.17, 15) is 9.59 Å². The maximum Gasteiger partial charge on any atom is 0.242 e. The number of nitrogens with zero attached hydrogens (tertiary/aromatic N) is 3. The number of fused-ring (bicyclic) bond motifs is 1. The molecule has 146 valence electrons. The molecule has 0 bridgehead atoms. The van der Waals surface area contributed by atoms with E-state index in [1.165, 1.54) is 11.8 Å². The average Bonchev–Trinajstić information content (AvgIpc) is 2.73. The van der Waals surface area contributed by atoms with Crippen molar-refractivity contribution < 1.29 is 4.79 Å². The molecule has 1 heterocycles. The highest BCUT2D eigenvalue weighted by atomic mass is 16.2. The van der Waals surface area contributed by atoms with Gasteiger partial charge in [0.15, 0.2) is 0 Å². The summed E-state index contributed by atoms with van der Waals surface area (Å²) in [6.45, 7) is 7.67. The first kappa shape index (κ1) is 19.8. The van der Waals surface area contributed by atoms with Gasteiger partial charge in [-0.15, -0.1) is 0 Å². The minimum atomic E-state index is -0.141. The Morgan fingerprint density at radius 1 is 1.04 bits per heavy atom. The Bertz CT molecular complexity index is 1010. The topological polar surface area (TPSA) is 67.2 Å². The van der Waals surface area contributed by atoms with E-state index in [0.717, 1.165) is 25.2 Å². The number of carbonyl (C=O) groups excluding carboxylic acids is 1. The molecular formula is C22H26N4O2. The molecule has 1 N–H and O–H groups in total. The number of para-hydroxylation sites is 1. The van der Waals surface area contributed by atoms with Crippen LogP contribution in [0.3, 0.4) is 0 Å². The van der Waals surface area contributed by atoms with Gasteiger partial charge >= 0.3 is 0 Å². The molecule has 0 aliphatic carbocycles. The van der Waals surface area contributed by atoms with Crippen LogP contribution < -0.4 is 10.7 Å². The molecule has 0 spiro atoms. The number of amides is 1. The van der Waals surface area contributed by atoms with Gasteiger partial charge in [-0.3, -0.25) is 19.2 Å². The number of aromatic nitrogens is 2. The highest BCUT2D eigenvalue weighted by Crippen LogP contribution is 2.12. The zero-order chi connectivity index (χ0) is 19.9. The summed E-state index contributed by atoms with van der Waals surface area (Å²) in [4.78, 5) is 26.8. The zero-order valence-corrected chi connectivity index (χ0v) is 16.4. The van der Waals surface area contributed by atoms with E-state index in [0.29, 0.717) is 17.4 Å². The third-order valence-electron chi connectivity index (χ3n) is 4.94. The van der Waals surface area contributed by atoms with E-state index in [2.05, 4.69) is 35.2 Å². The van der Waals surface area contributed by atoms with Crippen molar-refractivity contribution in [3.63, 3.8) is 0 Å². The Labute approximate surface area is 164 Å². The first-order chi connectivity index (χ1) is 13.6. The van der Waals surface area contributed by atoms with E-state index in [1.807, 2.05) is 24.3 Å². The Kier molecular flexibility index (Phi) is 6.55. The third kappa shape index (κ3) is 4.64. The number of hydrogen-bond acceptors (Lipinski definition) is 4. The van der Waals surface area contributed by atoms with Crippen LogP contribution in [0.15, 0.2) is 59.5 Å². The van der Waals surface area contributed by atoms with Crippen molar-refractivity contribution in [1.82, 2.24) is 20.0 Å². The van der Waals surface area contributed by atoms with Gasteiger partial charge in [0.1, 0.15) is 6.54 Å². The fourth-order valence-electron chi connectivity index (χ4n) is 3.25. The second-order valence-corrected chi connectivity index (χ2v) is 6.69. The largest absolute Gasteiger partial charge is 0.350 e. The first-order valence-corrected chi connectivity index (χ1v) is 9.63. The van der Waals surface area contributed by atoms with Crippen LogP contribution in [0.4, 0.5) is 0 Å². The van der Waals surface area contributed by atoms with Gasteiger partial charge in [-0.2, -0.15) is 5.10 Å². The summed E-state index contributed by atoms with van der Waals surface area (Å²) in [5.74, 6) is -0.140. The van der Waals surface area contributed by atoms with Crippen LogP contribution in [0.1, 0.15) is 25.0 Å². The smallest absolute Gasteiger partial charge is 0.242 e. The van der Waals surface area contributed by atoms with E-state index in [1.54, 1.807) is 22.9 Å². The molecule has 1 amide bonds. The lowest BCUT2D eigenvalue weighted by atomic mass is 10.1. The SMILES string of the molecule is CCN(CC)Cc1ccccc1CNC(=O)Cn1ncc(=O)c2ccccc21. The Hall–Kier alpha value is -2.99. The van der Waals surface area contributed by atoms with E-state index < -0.39 is 0 Å². The molecule has 6 nitrogen and oxygen atoms in total. The lowest BCUT2D eigenvalue weighted by Gasteiger charge is -2.20. The summed E-state index contributed by atoms with van der Waals surface area (Å²) in [5.41, 5.74) is 2.85. The van der Waals surface area contributed by atoms with E-state index in [4.69, 9.17) is 0 Å². The number of nitrogens with one attached hydrogen (secondary N) is 1. The van der Waals surface area contributed by atoms with Crippen LogP contribution in [0.2, 0.25) is 0 Å². The van der Waals surface area contributed by atoms with Crippen LogP contribution in [-0.2, 0) is 24.4 Å². The number of rotatable bonds is 8. The molecule has 3 aromatic rings. The summed E-state index contributed by atoms with van der Waals surface area (Å²) < 4.78 is 1.56. The Morgan fingerprint density at radius 3 is 2.46 bits per heavy atom. The van der Waals surface area contributed by atoms with Crippen LogP contribution in [0, 0.1) is 0 Å². The standard InChI is InChI=1S/C22H26N4O2/c1-3-25(4-2)15-18-10-6-5-9-17(18)13-23-22(28)16-26-20-12-8-7-11-19(20)21(27)14-24-26/h5-12,14H,3-4,13,15-16H2,1-2H3,(H,23,28). The normalized spacial score (nSPS) is 11.1. The van der Waals surface area contributed by atoms with Gasteiger partial charge < -0.3 is 5.32 Å². The van der Waals surface area contributed by atoms with Gasteiger partial charge in [0, 0.05) is 18.5 Å². The average molecular weight is 378 g/mol. The van der Waals surface area contributed by atoms with Crippen molar-refractivity contribution >= 4 is 16.8 Å². The van der Waals surface area contributed by atoms with Gasteiger partial charge in [0.25, 0.3) is 0 Å². The maximum absolute atomic E-state index is 12.5. The number of benzene rings is 2. The summed E-state index contributed by atoms with van der Waals surface area (Å²) in [6, 6.07) is 15.4. The molecule has 0 aliphatic rings. The fourth-order valence-corrected chi connectivity index (χ4v) is 3.25. The molecule has 28 heavy (non-hydrogen) atoms. The minimum absolute atomic E-state index is 0.0685. The molecule has 0 saturated carbocycles. The van der Waals surface area contributed by atoms with E-state index in [-0.39, 0.29) is 17.9 Å². The summed E-state index contributed by atoms with van der Waals surface area (Å²) in [7, 11) is 0. The molecule has 0 fully saturated rings. The van der Waals surface area contributed by atoms with Gasteiger partial charge in [-0.25, -0.2) is 0 Å². The number of hydrogen-bond donors (Lipinski definition) is 1. The molecule has 0 aliphatic heterocycles. The Morgan fingerprint density at radius 2 is 1.71 bits per heavy atom. The molecule has 1 aromatic heterocycles. The van der Waals surface area contributed by atoms with Crippen LogP contribution in [-0.4, -0.2) is 33.7 Å². The minimum Gasteiger partial charge on any atom is -0.350 e. The van der Waals surface area contributed by atoms with Crippen LogP contribution >= 0.6 is 0 Å². The van der Waals surface area contributed by atoms with Crippen molar-refractivity contribution in [2.45, 2.75) is 33.5 Å². The lowest BCUT2D eigenvalue weighted by molar-refractivity contribution is -0.121. The molecule has 6 heteroatoms. The van der Waals surface area contributed by atoms with Crippen molar-refractivity contribution in [2.24, 2.45) is 0 Å². The predicted octanol–water partition coefficient (Wildman–Crippen LogP) is 2.55. The first-order valence-electron chi connectivity index (χ1n) is 9.63. The Balaban J connectivity index is 1.69. The molecule has 2 aromatic carbocycles. The van der Waals surface area contributed by atoms with E-state index >= 15 is 0 Å². The van der Waals surface area contributed by atoms with Crippen molar-refractivity contribution in [3.05, 3.63) is 76.1 Å².